The first kappa shape index (κ1) is 22.0. The third kappa shape index (κ3) is 9.27. The Labute approximate surface area is 154 Å². The summed E-state index contributed by atoms with van der Waals surface area (Å²) in [4.78, 5) is 24.6. The van der Waals surface area contributed by atoms with Gasteiger partial charge in [-0.2, -0.15) is 0 Å². The molecule has 2 atom stereocenters. The van der Waals surface area contributed by atoms with Crippen molar-refractivity contribution in [2.24, 2.45) is 17.8 Å². The van der Waals surface area contributed by atoms with Gasteiger partial charge in [0.2, 0.25) is 0 Å². The fourth-order valence-corrected chi connectivity index (χ4v) is 3.48. The molecule has 0 saturated heterocycles. The van der Waals surface area contributed by atoms with Crippen molar-refractivity contribution < 1.29 is 19.1 Å². The Morgan fingerprint density at radius 1 is 0.840 bits per heavy atom. The number of hydrogen-bond donors (Lipinski definition) is 0. The Bertz CT molecular complexity index is 389. The predicted molar refractivity (Wildman–Crippen MR) is 100 cm³/mol. The zero-order valence-corrected chi connectivity index (χ0v) is 16.7. The molecule has 25 heavy (non-hydrogen) atoms. The molecule has 2 unspecified atom stereocenters. The van der Waals surface area contributed by atoms with Crippen molar-refractivity contribution in [3.05, 3.63) is 0 Å². The van der Waals surface area contributed by atoms with E-state index in [1.807, 2.05) is 13.8 Å². The number of unbranched alkanes of at least 4 members (excludes halogenated alkanes) is 4. The van der Waals surface area contributed by atoms with E-state index >= 15 is 0 Å². The van der Waals surface area contributed by atoms with E-state index in [1.165, 1.54) is 25.7 Å². The van der Waals surface area contributed by atoms with Gasteiger partial charge in [-0.05, 0) is 39.0 Å². The third-order valence-corrected chi connectivity index (χ3v) is 4.89. The van der Waals surface area contributed by atoms with Crippen molar-refractivity contribution in [1.82, 2.24) is 0 Å². The average Bonchev–Trinajstić information content (AvgIpc) is 2.56. The highest BCUT2D eigenvalue weighted by Gasteiger charge is 2.38. The molecule has 146 valence electrons. The van der Waals surface area contributed by atoms with Crippen molar-refractivity contribution in [1.29, 1.82) is 0 Å². The van der Waals surface area contributed by atoms with Crippen LogP contribution in [0.5, 0.6) is 0 Å². The van der Waals surface area contributed by atoms with Gasteiger partial charge in [-0.25, -0.2) is 0 Å². The van der Waals surface area contributed by atoms with E-state index in [9.17, 15) is 9.59 Å². The lowest BCUT2D eigenvalue weighted by Crippen LogP contribution is -2.36. The quantitative estimate of drug-likeness (QED) is 0.374. The number of carbonyl (C=O) groups excluding carboxylic acids is 2. The van der Waals surface area contributed by atoms with Gasteiger partial charge in [-0.1, -0.05) is 58.8 Å². The minimum absolute atomic E-state index is 0.137. The lowest BCUT2D eigenvalue weighted by molar-refractivity contribution is -0.165. The van der Waals surface area contributed by atoms with Crippen LogP contribution in [0.2, 0.25) is 0 Å². The van der Waals surface area contributed by atoms with Crippen molar-refractivity contribution in [2.75, 3.05) is 6.61 Å². The van der Waals surface area contributed by atoms with Crippen LogP contribution in [0.4, 0.5) is 0 Å². The van der Waals surface area contributed by atoms with Gasteiger partial charge in [0.25, 0.3) is 0 Å². The second-order valence-corrected chi connectivity index (χ2v) is 8.10. The average molecular weight is 355 g/mol. The number of esters is 2. The SMILES string of the molecule is CC(C)CCCCCCCOC(=O)C1CCCCC1C(=O)OC(C)C. The van der Waals surface area contributed by atoms with Gasteiger partial charge in [0, 0.05) is 0 Å². The van der Waals surface area contributed by atoms with E-state index in [0.29, 0.717) is 6.61 Å². The molecule has 4 heteroatoms. The van der Waals surface area contributed by atoms with Gasteiger partial charge < -0.3 is 9.47 Å². The third-order valence-electron chi connectivity index (χ3n) is 4.89. The predicted octanol–water partition coefficient (Wildman–Crippen LogP) is 5.28. The van der Waals surface area contributed by atoms with Gasteiger partial charge in [-0.3, -0.25) is 9.59 Å². The lowest BCUT2D eigenvalue weighted by atomic mass is 9.79. The first-order chi connectivity index (χ1) is 11.9. The standard InChI is InChI=1S/C21H38O4/c1-16(2)12-8-6-5-7-11-15-24-20(22)18-13-9-10-14-19(18)21(23)25-17(3)4/h16-19H,5-15H2,1-4H3. The van der Waals surface area contributed by atoms with Crippen LogP contribution in [-0.2, 0) is 19.1 Å². The summed E-state index contributed by atoms with van der Waals surface area (Å²) in [5.41, 5.74) is 0. The highest BCUT2D eigenvalue weighted by atomic mass is 16.5. The molecule has 0 aliphatic heterocycles. The molecule has 1 rings (SSSR count). The maximum atomic E-state index is 12.4. The molecule has 1 aliphatic rings. The van der Waals surface area contributed by atoms with Gasteiger partial charge in [0.05, 0.1) is 24.5 Å². The number of carbonyl (C=O) groups is 2. The van der Waals surface area contributed by atoms with E-state index in [4.69, 9.17) is 9.47 Å². The molecule has 1 fully saturated rings. The molecular weight excluding hydrogens is 316 g/mol. The molecule has 0 aromatic carbocycles. The van der Waals surface area contributed by atoms with Crippen LogP contribution in [0.3, 0.4) is 0 Å². The first-order valence-corrected chi connectivity index (χ1v) is 10.3. The van der Waals surface area contributed by atoms with E-state index in [2.05, 4.69) is 13.8 Å². The van der Waals surface area contributed by atoms with Crippen LogP contribution >= 0.6 is 0 Å². The van der Waals surface area contributed by atoms with Gasteiger partial charge in [0.15, 0.2) is 0 Å². The second-order valence-electron chi connectivity index (χ2n) is 8.10. The van der Waals surface area contributed by atoms with Gasteiger partial charge >= 0.3 is 11.9 Å². The molecule has 4 nitrogen and oxygen atoms in total. The monoisotopic (exact) mass is 354 g/mol. The molecule has 0 N–H and O–H groups in total. The summed E-state index contributed by atoms with van der Waals surface area (Å²) < 4.78 is 10.8. The summed E-state index contributed by atoms with van der Waals surface area (Å²) in [6, 6.07) is 0. The number of hydrogen-bond acceptors (Lipinski definition) is 4. The summed E-state index contributed by atoms with van der Waals surface area (Å²) in [5.74, 6) is -0.287. The summed E-state index contributed by atoms with van der Waals surface area (Å²) >= 11 is 0. The van der Waals surface area contributed by atoms with Crippen molar-refractivity contribution in [3.8, 4) is 0 Å². The van der Waals surface area contributed by atoms with E-state index in [0.717, 1.165) is 44.4 Å². The minimum atomic E-state index is -0.320. The molecule has 0 aromatic heterocycles. The maximum Gasteiger partial charge on any atom is 0.310 e. The van der Waals surface area contributed by atoms with Crippen molar-refractivity contribution in [2.45, 2.75) is 98.0 Å². The summed E-state index contributed by atoms with van der Waals surface area (Å²) in [5, 5.41) is 0. The molecule has 0 heterocycles. The Balaban J connectivity index is 2.24. The van der Waals surface area contributed by atoms with Crippen LogP contribution in [0, 0.1) is 17.8 Å². The minimum Gasteiger partial charge on any atom is -0.465 e. The largest absolute Gasteiger partial charge is 0.465 e. The molecule has 1 saturated carbocycles. The Hall–Kier alpha value is -1.06. The van der Waals surface area contributed by atoms with Gasteiger partial charge in [0.1, 0.15) is 0 Å². The first-order valence-electron chi connectivity index (χ1n) is 10.3. The zero-order valence-electron chi connectivity index (χ0n) is 16.7. The Morgan fingerprint density at radius 3 is 2.00 bits per heavy atom. The van der Waals surface area contributed by atoms with Crippen LogP contribution in [-0.4, -0.2) is 24.6 Å². The molecular formula is C21H38O4. The lowest BCUT2D eigenvalue weighted by Gasteiger charge is -2.28. The molecule has 0 spiro atoms. The molecule has 0 aromatic rings. The highest BCUT2D eigenvalue weighted by molar-refractivity contribution is 5.82. The van der Waals surface area contributed by atoms with Crippen molar-refractivity contribution in [3.63, 3.8) is 0 Å². The van der Waals surface area contributed by atoms with Crippen LogP contribution in [0.1, 0.15) is 91.9 Å². The Morgan fingerprint density at radius 2 is 1.40 bits per heavy atom. The Kier molecular flexibility index (Phi) is 10.8. The van der Waals surface area contributed by atoms with E-state index in [1.54, 1.807) is 0 Å². The molecule has 0 bridgehead atoms. The summed E-state index contributed by atoms with van der Waals surface area (Å²) in [7, 11) is 0. The molecule has 0 amide bonds. The van der Waals surface area contributed by atoms with Crippen LogP contribution in [0.15, 0.2) is 0 Å². The van der Waals surface area contributed by atoms with E-state index < -0.39 is 0 Å². The summed E-state index contributed by atoms with van der Waals surface area (Å²) in [6.07, 6.45) is 10.4. The van der Waals surface area contributed by atoms with Crippen molar-refractivity contribution >= 4 is 11.9 Å². The van der Waals surface area contributed by atoms with E-state index in [-0.39, 0.29) is 29.9 Å². The number of rotatable bonds is 11. The topological polar surface area (TPSA) is 52.6 Å². The fourth-order valence-electron chi connectivity index (χ4n) is 3.48. The second kappa shape index (κ2) is 12.3. The molecule has 0 radical (unpaired) electrons. The maximum absolute atomic E-state index is 12.4. The van der Waals surface area contributed by atoms with Crippen LogP contribution in [0.25, 0.3) is 0 Å². The summed E-state index contributed by atoms with van der Waals surface area (Å²) in [6.45, 7) is 8.68. The van der Waals surface area contributed by atoms with Gasteiger partial charge in [-0.15, -0.1) is 0 Å². The smallest absolute Gasteiger partial charge is 0.310 e. The van der Waals surface area contributed by atoms with Crippen LogP contribution < -0.4 is 0 Å². The molecule has 1 aliphatic carbocycles. The highest BCUT2D eigenvalue weighted by Crippen LogP contribution is 2.32. The zero-order chi connectivity index (χ0) is 18.7. The normalized spacial score (nSPS) is 20.7. The fraction of sp³-hybridized carbons (Fsp3) is 0.905. The number of ether oxygens (including phenoxy) is 2.